The molecule has 19 heavy (non-hydrogen) atoms. The fourth-order valence-electron chi connectivity index (χ4n) is 3.33. The molecule has 1 aromatic rings. The predicted molar refractivity (Wildman–Crippen MR) is 77.6 cm³/mol. The van der Waals surface area contributed by atoms with Gasteiger partial charge < -0.3 is 5.11 Å². The molecular weight excluding hydrogens is 260 g/mol. The zero-order valence-electron chi connectivity index (χ0n) is 11.2. The van der Waals surface area contributed by atoms with Gasteiger partial charge in [-0.3, -0.25) is 9.80 Å². The number of benzene rings is 1. The maximum atomic E-state index is 9.47. The Morgan fingerprint density at radius 2 is 2.05 bits per heavy atom. The molecule has 2 aliphatic heterocycles. The summed E-state index contributed by atoms with van der Waals surface area (Å²) in [5.41, 5.74) is 1.19. The third kappa shape index (κ3) is 3.04. The van der Waals surface area contributed by atoms with Crippen LogP contribution in [0.4, 0.5) is 0 Å². The van der Waals surface area contributed by atoms with Crippen LogP contribution in [0.15, 0.2) is 18.2 Å². The normalized spacial score (nSPS) is 25.2. The molecule has 2 aliphatic rings. The molecule has 0 amide bonds. The highest BCUT2D eigenvalue weighted by Crippen LogP contribution is 2.26. The SMILES string of the molecule is Oc1ccc(CN2CCCN3CCCC3C2)cc1Cl. The first-order valence-corrected chi connectivity index (χ1v) is 7.54. The molecule has 104 valence electrons. The summed E-state index contributed by atoms with van der Waals surface area (Å²) in [7, 11) is 0. The molecule has 1 atom stereocenters. The number of phenols is 1. The van der Waals surface area contributed by atoms with Gasteiger partial charge in [-0.15, -0.1) is 0 Å². The number of fused-ring (bicyclic) bond motifs is 1. The Morgan fingerprint density at radius 3 is 2.89 bits per heavy atom. The number of hydrogen-bond donors (Lipinski definition) is 1. The second-order valence-corrected chi connectivity index (χ2v) is 6.11. The lowest BCUT2D eigenvalue weighted by molar-refractivity contribution is 0.215. The van der Waals surface area contributed by atoms with E-state index in [4.69, 9.17) is 11.6 Å². The summed E-state index contributed by atoms with van der Waals surface area (Å²) in [6.45, 7) is 5.79. The average Bonchev–Trinajstić information content (AvgIpc) is 2.73. The molecule has 0 radical (unpaired) electrons. The fraction of sp³-hybridized carbons (Fsp3) is 0.600. The Balaban J connectivity index is 1.66. The summed E-state index contributed by atoms with van der Waals surface area (Å²) < 4.78 is 0. The second kappa shape index (κ2) is 5.70. The van der Waals surface area contributed by atoms with Crippen molar-refractivity contribution in [2.24, 2.45) is 0 Å². The molecule has 3 nitrogen and oxygen atoms in total. The Kier molecular flexibility index (Phi) is 3.96. The molecule has 2 fully saturated rings. The standard InChI is InChI=1S/C15H21ClN2O/c16-14-9-12(4-5-15(14)19)10-17-6-2-8-18-7-1-3-13(18)11-17/h4-5,9,13,19H,1-3,6-8,10-11H2. The van der Waals surface area contributed by atoms with E-state index in [9.17, 15) is 5.11 Å². The Bertz CT molecular complexity index is 452. The van der Waals surface area contributed by atoms with Crippen LogP contribution in [0.1, 0.15) is 24.8 Å². The number of hydrogen-bond acceptors (Lipinski definition) is 3. The number of rotatable bonds is 2. The molecule has 2 heterocycles. The van der Waals surface area contributed by atoms with Gasteiger partial charge in [0.15, 0.2) is 0 Å². The van der Waals surface area contributed by atoms with E-state index in [0.717, 1.165) is 19.1 Å². The van der Waals surface area contributed by atoms with Crippen LogP contribution in [0.3, 0.4) is 0 Å². The average molecular weight is 281 g/mol. The van der Waals surface area contributed by atoms with E-state index in [1.165, 1.54) is 44.5 Å². The van der Waals surface area contributed by atoms with Gasteiger partial charge in [-0.05, 0) is 56.6 Å². The van der Waals surface area contributed by atoms with Crippen molar-refractivity contribution in [3.8, 4) is 5.75 Å². The van der Waals surface area contributed by atoms with Crippen LogP contribution in [-0.2, 0) is 6.54 Å². The van der Waals surface area contributed by atoms with Gasteiger partial charge in [-0.25, -0.2) is 0 Å². The summed E-state index contributed by atoms with van der Waals surface area (Å²) in [5, 5.41) is 9.92. The minimum absolute atomic E-state index is 0.170. The van der Waals surface area contributed by atoms with Gasteiger partial charge in [0.1, 0.15) is 5.75 Å². The van der Waals surface area contributed by atoms with Crippen LogP contribution in [0.25, 0.3) is 0 Å². The van der Waals surface area contributed by atoms with Crippen LogP contribution in [0, 0.1) is 0 Å². The van der Waals surface area contributed by atoms with Crippen molar-refractivity contribution in [3.05, 3.63) is 28.8 Å². The maximum Gasteiger partial charge on any atom is 0.134 e. The Morgan fingerprint density at radius 1 is 1.21 bits per heavy atom. The van der Waals surface area contributed by atoms with Crippen molar-refractivity contribution in [1.29, 1.82) is 0 Å². The first-order chi connectivity index (χ1) is 9.22. The molecule has 2 saturated heterocycles. The largest absolute Gasteiger partial charge is 0.506 e. The Labute approximate surface area is 119 Å². The summed E-state index contributed by atoms with van der Waals surface area (Å²) in [6, 6.07) is 6.29. The number of phenolic OH excluding ortho intramolecular Hbond substituents is 1. The minimum Gasteiger partial charge on any atom is -0.506 e. The highest BCUT2D eigenvalue weighted by atomic mass is 35.5. The molecule has 3 rings (SSSR count). The molecule has 0 spiro atoms. The summed E-state index contributed by atoms with van der Waals surface area (Å²) in [6.07, 6.45) is 3.94. The zero-order chi connectivity index (χ0) is 13.2. The van der Waals surface area contributed by atoms with Crippen molar-refractivity contribution in [2.45, 2.75) is 31.8 Å². The van der Waals surface area contributed by atoms with Crippen LogP contribution in [-0.4, -0.2) is 47.1 Å². The molecule has 0 aliphatic carbocycles. The third-order valence-corrected chi connectivity index (χ3v) is 4.61. The molecule has 0 aromatic heterocycles. The topological polar surface area (TPSA) is 26.7 Å². The number of aromatic hydroxyl groups is 1. The molecule has 1 aromatic carbocycles. The number of halogens is 1. The van der Waals surface area contributed by atoms with E-state index in [-0.39, 0.29) is 5.75 Å². The van der Waals surface area contributed by atoms with Gasteiger partial charge >= 0.3 is 0 Å². The highest BCUT2D eigenvalue weighted by Gasteiger charge is 2.28. The third-order valence-electron chi connectivity index (χ3n) is 4.31. The molecule has 1 N–H and O–H groups in total. The fourth-order valence-corrected chi connectivity index (χ4v) is 3.54. The van der Waals surface area contributed by atoms with Crippen LogP contribution in [0.2, 0.25) is 5.02 Å². The quantitative estimate of drug-likeness (QED) is 0.902. The maximum absolute atomic E-state index is 9.47. The molecular formula is C15H21ClN2O. The Hall–Kier alpha value is -0.770. The van der Waals surface area contributed by atoms with E-state index < -0.39 is 0 Å². The van der Waals surface area contributed by atoms with E-state index in [0.29, 0.717) is 5.02 Å². The van der Waals surface area contributed by atoms with Crippen molar-refractivity contribution in [2.75, 3.05) is 26.2 Å². The van der Waals surface area contributed by atoms with E-state index in [1.54, 1.807) is 6.07 Å². The van der Waals surface area contributed by atoms with E-state index >= 15 is 0 Å². The lowest BCUT2D eigenvalue weighted by Gasteiger charge is -2.25. The van der Waals surface area contributed by atoms with Crippen LogP contribution < -0.4 is 0 Å². The van der Waals surface area contributed by atoms with Crippen LogP contribution in [0.5, 0.6) is 5.75 Å². The van der Waals surface area contributed by atoms with E-state index in [2.05, 4.69) is 9.80 Å². The van der Waals surface area contributed by atoms with Gasteiger partial charge in [-0.1, -0.05) is 17.7 Å². The first kappa shape index (κ1) is 13.2. The lowest BCUT2D eigenvalue weighted by atomic mass is 10.1. The lowest BCUT2D eigenvalue weighted by Crippen LogP contribution is -2.36. The molecule has 4 heteroatoms. The van der Waals surface area contributed by atoms with Gasteiger partial charge in [-0.2, -0.15) is 0 Å². The predicted octanol–water partition coefficient (Wildman–Crippen LogP) is 2.72. The zero-order valence-corrected chi connectivity index (χ0v) is 11.9. The highest BCUT2D eigenvalue weighted by molar-refractivity contribution is 6.32. The first-order valence-electron chi connectivity index (χ1n) is 7.16. The number of nitrogens with zero attached hydrogens (tertiary/aromatic N) is 2. The van der Waals surface area contributed by atoms with Gasteiger partial charge in [0, 0.05) is 19.1 Å². The van der Waals surface area contributed by atoms with Crippen molar-refractivity contribution < 1.29 is 5.11 Å². The second-order valence-electron chi connectivity index (χ2n) is 5.71. The molecule has 1 unspecified atom stereocenters. The van der Waals surface area contributed by atoms with Crippen molar-refractivity contribution in [3.63, 3.8) is 0 Å². The van der Waals surface area contributed by atoms with Gasteiger partial charge in [0.05, 0.1) is 5.02 Å². The van der Waals surface area contributed by atoms with Gasteiger partial charge in [0.2, 0.25) is 0 Å². The molecule has 0 bridgehead atoms. The monoisotopic (exact) mass is 280 g/mol. The molecule has 0 saturated carbocycles. The summed E-state index contributed by atoms with van der Waals surface area (Å²) in [5.74, 6) is 0.170. The smallest absolute Gasteiger partial charge is 0.134 e. The van der Waals surface area contributed by atoms with Crippen molar-refractivity contribution in [1.82, 2.24) is 9.80 Å². The minimum atomic E-state index is 0.170. The van der Waals surface area contributed by atoms with Crippen molar-refractivity contribution >= 4 is 11.6 Å². The van der Waals surface area contributed by atoms with Crippen LogP contribution >= 0.6 is 11.6 Å². The van der Waals surface area contributed by atoms with Gasteiger partial charge in [0.25, 0.3) is 0 Å². The summed E-state index contributed by atoms with van der Waals surface area (Å²) in [4.78, 5) is 5.17. The van der Waals surface area contributed by atoms with E-state index in [1.807, 2.05) is 12.1 Å². The summed E-state index contributed by atoms with van der Waals surface area (Å²) >= 11 is 5.98.